The number of carbonyl (C=O) groups is 1. The number of ether oxygens (including phenoxy) is 1. The molecule has 0 radical (unpaired) electrons. The van der Waals surface area contributed by atoms with Gasteiger partial charge in [0.05, 0.1) is 0 Å². The topological polar surface area (TPSA) is 46.5 Å². The van der Waals surface area contributed by atoms with Crippen molar-refractivity contribution in [2.24, 2.45) is 0 Å². The maximum absolute atomic E-state index is 11.3. The molecule has 20 heavy (non-hydrogen) atoms. The molecule has 0 unspecified atom stereocenters. The summed E-state index contributed by atoms with van der Waals surface area (Å²) in [5, 5.41) is 9.23. The standard InChI is InChI=1S/C16H15BrO3/c1-9-4-5-10(2)15(11(9)3)20-14-8-12(17)6-7-13(14)16(18)19/h4-8H,1-3H3,(H,18,19). The zero-order valence-corrected chi connectivity index (χ0v) is 13.1. The first kappa shape index (κ1) is 14.6. The maximum atomic E-state index is 11.3. The Balaban J connectivity index is 2.53. The molecule has 0 saturated heterocycles. The lowest BCUT2D eigenvalue weighted by Crippen LogP contribution is -2.01. The number of benzene rings is 2. The van der Waals surface area contributed by atoms with Gasteiger partial charge in [-0.25, -0.2) is 4.79 Å². The van der Waals surface area contributed by atoms with Crippen LogP contribution in [0.3, 0.4) is 0 Å². The zero-order valence-electron chi connectivity index (χ0n) is 11.5. The summed E-state index contributed by atoms with van der Waals surface area (Å²) in [5.41, 5.74) is 3.25. The fourth-order valence-corrected chi connectivity index (χ4v) is 2.29. The Kier molecular flexibility index (Phi) is 4.14. The predicted octanol–water partition coefficient (Wildman–Crippen LogP) is 4.86. The molecule has 0 aliphatic rings. The van der Waals surface area contributed by atoms with Gasteiger partial charge in [-0.1, -0.05) is 28.1 Å². The van der Waals surface area contributed by atoms with E-state index in [1.807, 2.05) is 32.9 Å². The summed E-state index contributed by atoms with van der Waals surface area (Å²) in [4.78, 5) is 11.3. The second-order valence-electron chi connectivity index (χ2n) is 4.70. The first-order chi connectivity index (χ1) is 9.40. The van der Waals surface area contributed by atoms with Gasteiger partial charge in [-0.15, -0.1) is 0 Å². The van der Waals surface area contributed by atoms with Gasteiger partial charge in [0.15, 0.2) is 0 Å². The Labute approximate surface area is 126 Å². The minimum atomic E-state index is -1.00. The first-order valence-corrected chi connectivity index (χ1v) is 6.97. The number of halogens is 1. The normalized spacial score (nSPS) is 10.4. The van der Waals surface area contributed by atoms with Crippen LogP contribution in [0, 0.1) is 20.8 Å². The Morgan fingerprint density at radius 2 is 1.75 bits per heavy atom. The van der Waals surface area contributed by atoms with Gasteiger partial charge >= 0.3 is 5.97 Å². The van der Waals surface area contributed by atoms with Gasteiger partial charge < -0.3 is 9.84 Å². The first-order valence-electron chi connectivity index (χ1n) is 6.17. The average Bonchev–Trinajstić information content (AvgIpc) is 2.39. The Bertz CT molecular complexity index is 678. The molecule has 0 heterocycles. The number of rotatable bonds is 3. The highest BCUT2D eigenvalue weighted by molar-refractivity contribution is 9.10. The van der Waals surface area contributed by atoms with Crippen LogP contribution in [0.15, 0.2) is 34.8 Å². The van der Waals surface area contributed by atoms with Crippen molar-refractivity contribution in [1.29, 1.82) is 0 Å². The molecule has 0 aliphatic carbocycles. The Hall–Kier alpha value is -1.81. The van der Waals surface area contributed by atoms with Crippen LogP contribution in [0.5, 0.6) is 11.5 Å². The second-order valence-corrected chi connectivity index (χ2v) is 5.62. The monoisotopic (exact) mass is 334 g/mol. The summed E-state index contributed by atoms with van der Waals surface area (Å²) in [6, 6.07) is 8.88. The second kappa shape index (κ2) is 5.67. The van der Waals surface area contributed by atoms with Crippen LogP contribution in [0.1, 0.15) is 27.0 Å². The van der Waals surface area contributed by atoms with Crippen LogP contribution in [0.2, 0.25) is 0 Å². The maximum Gasteiger partial charge on any atom is 0.339 e. The van der Waals surface area contributed by atoms with Crippen LogP contribution >= 0.6 is 15.9 Å². The van der Waals surface area contributed by atoms with Gasteiger partial charge in [-0.3, -0.25) is 0 Å². The van der Waals surface area contributed by atoms with Crippen molar-refractivity contribution >= 4 is 21.9 Å². The summed E-state index contributed by atoms with van der Waals surface area (Å²) < 4.78 is 6.66. The average molecular weight is 335 g/mol. The van der Waals surface area contributed by atoms with Crippen molar-refractivity contribution in [1.82, 2.24) is 0 Å². The molecule has 0 saturated carbocycles. The van der Waals surface area contributed by atoms with Crippen LogP contribution in [0.4, 0.5) is 0 Å². The molecule has 2 aromatic rings. The third-order valence-corrected chi connectivity index (χ3v) is 3.75. The molecule has 0 amide bonds. The van der Waals surface area contributed by atoms with E-state index in [4.69, 9.17) is 4.74 Å². The van der Waals surface area contributed by atoms with Crippen LogP contribution < -0.4 is 4.74 Å². The van der Waals surface area contributed by atoms with Crippen molar-refractivity contribution in [3.63, 3.8) is 0 Å². The van der Waals surface area contributed by atoms with E-state index in [1.165, 1.54) is 6.07 Å². The quantitative estimate of drug-likeness (QED) is 0.871. The molecule has 104 valence electrons. The number of carboxylic acids is 1. The van der Waals surface area contributed by atoms with Crippen LogP contribution in [-0.2, 0) is 0 Å². The fraction of sp³-hybridized carbons (Fsp3) is 0.188. The smallest absolute Gasteiger partial charge is 0.339 e. The minimum Gasteiger partial charge on any atom is -0.478 e. The van der Waals surface area contributed by atoms with Crippen molar-refractivity contribution in [2.45, 2.75) is 20.8 Å². The number of carboxylic acid groups (broad SMARTS) is 1. The molecule has 2 aromatic carbocycles. The lowest BCUT2D eigenvalue weighted by atomic mass is 10.1. The molecule has 0 fully saturated rings. The molecule has 0 spiro atoms. The van der Waals surface area contributed by atoms with E-state index in [0.717, 1.165) is 21.2 Å². The highest BCUT2D eigenvalue weighted by Gasteiger charge is 2.15. The van der Waals surface area contributed by atoms with E-state index < -0.39 is 5.97 Å². The van der Waals surface area contributed by atoms with E-state index in [0.29, 0.717) is 11.5 Å². The van der Waals surface area contributed by atoms with Crippen molar-refractivity contribution in [3.8, 4) is 11.5 Å². The van der Waals surface area contributed by atoms with Crippen molar-refractivity contribution < 1.29 is 14.6 Å². The summed E-state index contributed by atoms with van der Waals surface area (Å²) >= 11 is 3.34. The van der Waals surface area contributed by atoms with Gasteiger partial charge in [-0.2, -0.15) is 0 Å². The summed E-state index contributed by atoms with van der Waals surface area (Å²) in [6.45, 7) is 5.91. The van der Waals surface area contributed by atoms with Crippen LogP contribution in [-0.4, -0.2) is 11.1 Å². The number of aryl methyl sites for hydroxylation is 2. The third kappa shape index (κ3) is 2.85. The molecule has 3 nitrogen and oxygen atoms in total. The molecular weight excluding hydrogens is 320 g/mol. The number of hydrogen-bond acceptors (Lipinski definition) is 2. The minimum absolute atomic E-state index is 0.147. The Morgan fingerprint density at radius 1 is 1.10 bits per heavy atom. The van der Waals surface area contributed by atoms with E-state index >= 15 is 0 Å². The van der Waals surface area contributed by atoms with Gasteiger partial charge in [0.1, 0.15) is 17.1 Å². The fourth-order valence-electron chi connectivity index (χ4n) is 1.95. The molecule has 0 aromatic heterocycles. The Morgan fingerprint density at radius 3 is 2.40 bits per heavy atom. The molecule has 0 bridgehead atoms. The SMILES string of the molecule is Cc1ccc(C)c(Oc2cc(Br)ccc2C(=O)O)c1C. The lowest BCUT2D eigenvalue weighted by molar-refractivity contribution is 0.0694. The van der Waals surface area contributed by atoms with E-state index in [-0.39, 0.29) is 5.56 Å². The summed E-state index contributed by atoms with van der Waals surface area (Å²) in [7, 11) is 0. The van der Waals surface area contributed by atoms with E-state index in [2.05, 4.69) is 15.9 Å². The van der Waals surface area contributed by atoms with Crippen molar-refractivity contribution in [3.05, 3.63) is 57.1 Å². The zero-order chi connectivity index (χ0) is 14.9. The molecule has 4 heteroatoms. The van der Waals surface area contributed by atoms with E-state index in [1.54, 1.807) is 12.1 Å². The number of hydrogen-bond donors (Lipinski definition) is 1. The van der Waals surface area contributed by atoms with Gasteiger partial charge in [-0.05, 0) is 55.7 Å². The third-order valence-electron chi connectivity index (χ3n) is 3.26. The van der Waals surface area contributed by atoms with E-state index in [9.17, 15) is 9.90 Å². The van der Waals surface area contributed by atoms with Crippen molar-refractivity contribution in [2.75, 3.05) is 0 Å². The molecule has 0 aliphatic heterocycles. The highest BCUT2D eigenvalue weighted by atomic mass is 79.9. The summed E-state index contributed by atoms with van der Waals surface area (Å²) in [5.74, 6) is 0.0461. The van der Waals surface area contributed by atoms with Gasteiger partial charge in [0.25, 0.3) is 0 Å². The largest absolute Gasteiger partial charge is 0.478 e. The lowest BCUT2D eigenvalue weighted by Gasteiger charge is -2.15. The molecular formula is C16H15BrO3. The predicted molar refractivity (Wildman–Crippen MR) is 81.8 cm³/mol. The molecule has 2 rings (SSSR count). The van der Waals surface area contributed by atoms with Gasteiger partial charge in [0.2, 0.25) is 0 Å². The van der Waals surface area contributed by atoms with Crippen LogP contribution in [0.25, 0.3) is 0 Å². The highest BCUT2D eigenvalue weighted by Crippen LogP contribution is 2.33. The molecule has 1 N–H and O–H groups in total. The summed E-state index contributed by atoms with van der Waals surface area (Å²) in [6.07, 6.45) is 0. The molecule has 0 atom stereocenters. The number of aromatic carboxylic acids is 1. The van der Waals surface area contributed by atoms with Gasteiger partial charge in [0, 0.05) is 4.47 Å².